The summed E-state index contributed by atoms with van der Waals surface area (Å²) in [5.74, 6) is 0.206. The Morgan fingerprint density at radius 2 is 2.00 bits per heavy atom. The molecule has 0 saturated heterocycles. The number of amides is 2. The molecular weight excluding hydrogens is 324 g/mol. The molecule has 6 nitrogen and oxygen atoms in total. The highest BCUT2D eigenvalue weighted by Gasteiger charge is 2.13. The number of pyridine rings is 1. The van der Waals surface area contributed by atoms with Crippen molar-refractivity contribution in [2.45, 2.75) is 20.3 Å². The smallest absolute Gasteiger partial charge is 0.255 e. The van der Waals surface area contributed by atoms with Gasteiger partial charge in [-0.2, -0.15) is 0 Å². The normalized spacial score (nSPS) is 9.95. The van der Waals surface area contributed by atoms with Gasteiger partial charge in [-0.3, -0.25) is 9.59 Å². The molecule has 0 aliphatic heterocycles. The molecule has 1 aromatic rings. The molecule has 0 fully saturated rings. The summed E-state index contributed by atoms with van der Waals surface area (Å²) in [6, 6.07) is 1.70. The number of carbonyl (C=O) groups is 2. The monoisotopic (exact) mass is 342 g/mol. The van der Waals surface area contributed by atoms with Gasteiger partial charge in [0.05, 0.1) is 5.56 Å². The van der Waals surface area contributed by atoms with Gasteiger partial charge in [0.1, 0.15) is 5.82 Å². The lowest BCUT2D eigenvalue weighted by molar-refractivity contribution is -0.120. The van der Waals surface area contributed by atoms with Crippen molar-refractivity contribution in [3.63, 3.8) is 0 Å². The minimum atomic E-state index is -0.251. The molecule has 1 rings (SSSR count). The molecule has 0 aliphatic carbocycles. The molecule has 7 heteroatoms. The van der Waals surface area contributed by atoms with Crippen LogP contribution in [0.25, 0.3) is 0 Å². The summed E-state index contributed by atoms with van der Waals surface area (Å²) in [6.07, 6.45) is 1.89. The molecule has 0 bridgehead atoms. The third-order valence-corrected chi connectivity index (χ3v) is 2.89. The number of anilines is 1. The van der Waals surface area contributed by atoms with E-state index in [4.69, 9.17) is 0 Å². The predicted molar refractivity (Wildman–Crippen MR) is 81.7 cm³/mol. The summed E-state index contributed by atoms with van der Waals surface area (Å²) in [5, 5.41) is 8.42. The first kappa shape index (κ1) is 16.4. The molecule has 0 saturated carbocycles. The van der Waals surface area contributed by atoms with Crippen LogP contribution < -0.4 is 16.0 Å². The fourth-order valence-electron chi connectivity index (χ4n) is 1.59. The van der Waals surface area contributed by atoms with Crippen LogP contribution in [0.4, 0.5) is 5.82 Å². The van der Waals surface area contributed by atoms with Crippen molar-refractivity contribution in [2.24, 2.45) is 0 Å². The maximum absolute atomic E-state index is 12.1. The van der Waals surface area contributed by atoms with E-state index in [1.165, 1.54) is 0 Å². The Bertz CT molecular complexity index is 479. The number of rotatable bonds is 7. The molecule has 1 aromatic heterocycles. The quantitative estimate of drug-likeness (QED) is 0.701. The molecule has 1 heterocycles. The van der Waals surface area contributed by atoms with Crippen LogP contribution in [-0.2, 0) is 4.79 Å². The van der Waals surface area contributed by atoms with E-state index in [9.17, 15) is 9.59 Å². The first-order chi connectivity index (χ1) is 9.58. The van der Waals surface area contributed by atoms with Gasteiger partial charge in [0, 0.05) is 36.7 Å². The third-order valence-electron chi connectivity index (χ3n) is 2.45. The van der Waals surface area contributed by atoms with E-state index in [0.717, 1.165) is 4.47 Å². The standard InChI is InChI=1S/C13H19BrN4O2/c1-3-15-11(19)5-6-17-13(20)10-7-9(14)8-18-12(10)16-4-2/h7-8H,3-6H2,1-2H3,(H,15,19)(H,16,18)(H,17,20). The van der Waals surface area contributed by atoms with Crippen molar-refractivity contribution in [1.82, 2.24) is 15.6 Å². The zero-order chi connectivity index (χ0) is 15.0. The summed E-state index contributed by atoms with van der Waals surface area (Å²) < 4.78 is 0.730. The molecule has 3 N–H and O–H groups in total. The van der Waals surface area contributed by atoms with Crippen LogP contribution >= 0.6 is 15.9 Å². The molecule has 20 heavy (non-hydrogen) atoms. The van der Waals surface area contributed by atoms with Crippen molar-refractivity contribution in [1.29, 1.82) is 0 Å². The first-order valence-corrected chi connectivity index (χ1v) is 7.32. The van der Waals surface area contributed by atoms with E-state index >= 15 is 0 Å². The number of nitrogens with one attached hydrogen (secondary N) is 3. The molecular formula is C13H19BrN4O2. The lowest BCUT2D eigenvalue weighted by Crippen LogP contribution is -2.31. The van der Waals surface area contributed by atoms with Gasteiger partial charge >= 0.3 is 0 Å². The maximum atomic E-state index is 12.1. The van der Waals surface area contributed by atoms with Crippen LogP contribution in [0, 0.1) is 0 Å². The van der Waals surface area contributed by atoms with Crippen LogP contribution in [0.1, 0.15) is 30.6 Å². The number of nitrogens with zero attached hydrogens (tertiary/aromatic N) is 1. The Hall–Kier alpha value is -1.63. The zero-order valence-corrected chi connectivity index (χ0v) is 13.2. The minimum Gasteiger partial charge on any atom is -0.370 e. The van der Waals surface area contributed by atoms with Crippen molar-refractivity contribution in [3.8, 4) is 0 Å². The first-order valence-electron chi connectivity index (χ1n) is 6.52. The summed E-state index contributed by atoms with van der Waals surface area (Å²) in [7, 11) is 0. The van der Waals surface area contributed by atoms with E-state index in [0.29, 0.717) is 31.0 Å². The lowest BCUT2D eigenvalue weighted by Gasteiger charge is -2.10. The molecule has 0 aliphatic rings. The molecule has 0 spiro atoms. The van der Waals surface area contributed by atoms with Crippen LogP contribution in [0.3, 0.4) is 0 Å². The van der Waals surface area contributed by atoms with Crippen molar-refractivity contribution < 1.29 is 9.59 Å². The summed E-state index contributed by atoms with van der Waals surface area (Å²) in [4.78, 5) is 27.5. The largest absolute Gasteiger partial charge is 0.370 e. The maximum Gasteiger partial charge on any atom is 0.255 e. The Balaban J connectivity index is 2.62. The summed E-state index contributed by atoms with van der Waals surface area (Å²) in [6.45, 7) is 5.34. The number of carbonyl (C=O) groups excluding carboxylic acids is 2. The molecule has 2 amide bonds. The fourth-order valence-corrected chi connectivity index (χ4v) is 1.92. The fraction of sp³-hybridized carbons (Fsp3) is 0.462. The van der Waals surface area contributed by atoms with Crippen LogP contribution in [0.5, 0.6) is 0 Å². The van der Waals surface area contributed by atoms with Gasteiger partial charge in [-0.15, -0.1) is 0 Å². The number of halogens is 1. The van der Waals surface area contributed by atoms with Gasteiger partial charge in [0.2, 0.25) is 5.91 Å². The minimum absolute atomic E-state index is 0.0768. The van der Waals surface area contributed by atoms with Crippen molar-refractivity contribution in [2.75, 3.05) is 25.0 Å². The van der Waals surface area contributed by atoms with E-state index in [1.54, 1.807) is 12.3 Å². The number of hydrogen-bond acceptors (Lipinski definition) is 4. The number of aromatic nitrogens is 1. The Labute approximate surface area is 126 Å². The second-order valence-corrected chi connectivity index (χ2v) is 4.96. The van der Waals surface area contributed by atoms with Gasteiger partial charge in [0.15, 0.2) is 0 Å². The molecule has 0 unspecified atom stereocenters. The molecule has 0 radical (unpaired) electrons. The van der Waals surface area contributed by atoms with Crippen LogP contribution in [0.15, 0.2) is 16.7 Å². The van der Waals surface area contributed by atoms with E-state index in [2.05, 4.69) is 36.9 Å². The summed E-state index contributed by atoms with van der Waals surface area (Å²) >= 11 is 3.29. The summed E-state index contributed by atoms with van der Waals surface area (Å²) in [5.41, 5.74) is 0.456. The highest BCUT2D eigenvalue weighted by molar-refractivity contribution is 9.10. The van der Waals surface area contributed by atoms with Crippen LogP contribution in [-0.4, -0.2) is 36.4 Å². The molecule has 0 aromatic carbocycles. The van der Waals surface area contributed by atoms with E-state index in [-0.39, 0.29) is 18.2 Å². The Morgan fingerprint density at radius 3 is 2.65 bits per heavy atom. The highest BCUT2D eigenvalue weighted by Crippen LogP contribution is 2.17. The Morgan fingerprint density at radius 1 is 1.25 bits per heavy atom. The lowest BCUT2D eigenvalue weighted by atomic mass is 10.2. The van der Waals surface area contributed by atoms with Gasteiger partial charge in [-0.05, 0) is 35.8 Å². The number of hydrogen-bond donors (Lipinski definition) is 3. The van der Waals surface area contributed by atoms with Gasteiger partial charge in [-0.25, -0.2) is 4.98 Å². The Kier molecular flexibility index (Phi) is 7.00. The van der Waals surface area contributed by atoms with Crippen molar-refractivity contribution in [3.05, 3.63) is 22.3 Å². The van der Waals surface area contributed by atoms with Crippen LogP contribution in [0.2, 0.25) is 0 Å². The van der Waals surface area contributed by atoms with E-state index in [1.807, 2.05) is 13.8 Å². The van der Waals surface area contributed by atoms with Gasteiger partial charge in [0.25, 0.3) is 5.91 Å². The zero-order valence-electron chi connectivity index (χ0n) is 11.6. The SMILES string of the molecule is CCNC(=O)CCNC(=O)c1cc(Br)cnc1NCC. The second-order valence-electron chi connectivity index (χ2n) is 4.04. The third kappa shape index (κ3) is 5.16. The highest BCUT2D eigenvalue weighted by atomic mass is 79.9. The average molecular weight is 343 g/mol. The van der Waals surface area contributed by atoms with Gasteiger partial charge < -0.3 is 16.0 Å². The van der Waals surface area contributed by atoms with Crippen molar-refractivity contribution >= 4 is 33.6 Å². The molecule has 110 valence electrons. The topological polar surface area (TPSA) is 83.1 Å². The predicted octanol–water partition coefficient (Wildman–Crippen LogP) is 1.53. The van der Waals surface area contributed by atoms with E-state index < -0.39 is 0 Å². The second kappa shape index (κ2) is 8.52. The van der Waals surface area contributed by atoms with Gasteiger partial charge in [-0.1, -0.05) is 0 Å². The average Bonchev–Trinajstić information content (AvgIpc) is 2.41. The molecule has 0 atom stereocenters.